The van der Waals surface area contributed by atoms with Crippen LogP contribution in [0.3, 0.4) is 0 Å². The SMILES string of the molecule is CCc1ccc(-c2nc(C3CC(=O)N(c4cccc(Cl)c4)C3)no2)cc1. The van der Waals surface area contributed by atoms with Crippen molar-refractivity contribution >= 4 is 23.2 Å². The molecule has 1 amide bonds. The van der Waals surface area contributed by atoms with Crippen LogP contribution in [0.1, 0.15) is 30.7 Å². The van der Waals surface area contributed by atoms with Gasteiger partial charge in [0.2, 0.25) is 5.91 Å². The Morgan fingerprint density at radius 1 is 1.23 bits per heavy atom. The highest BCUT2D eigenvalue weighted by molar-refractivity contribution is 6.30. The highest BCUT2D eigenvalue weighted by atomic mass is 35.5. The highest BCUT2D eigenvalue weighted by Crippen LogP contribution is 2.32. The van der Waals surface area contributed by atoms with Crippen LogP contribution in [-0.4, -0.2) is 22.6 Å². The lowest BCUT2D eigenvalue weighted by Gasteiger charge is -2.16. The number of anilines is 1. The Bertz CT molecular complexity index is 936. The average Bonchev–Trinajstić information content (AvgIpc) is 3.29. The van der Waals surface area contributed by atoms with Crippen LogP contribution in [0.25, 0.3) is 11.5 Å². The number of hydrogen-bond acceptors (Lipinski definition) is 4. The van der Waals surface area contributed by atoms with Gasteiger partial charge in [-0.25, -0.2) is 0 Å². The number of amides is 1. The van der Waals surface area contributed by atoms with Gasteiger partial charge in [0.05, 0.1) is 0 Å². The Kier molecular flexibility index (Phi) is 4.47. The number of carbonyl (C=O) groups excluding carboxylic acids is 1. The molecule has 1 unspecified atom stereocenters. The summed E-state index contributed by atoms with van der Waals surface area (Å²) in [5.74, 6) is 0.999. The molecule has 1 aliphatic heterocycles. The van der Waals surface area contributed by atoms with Crippen molar-refractivity contribution in [2.75, 3.05) is 11.4 Å². The predicted molar refractivity (Wildman–Crippen MR) is 100 cm³/mol. The van der Waals surface area contributed by atoms with Crippen LogP contribution in [0.2, 0.25) is 5.02 Å². The van der Waals surface area contributed by atoms with E-state index in [-0.39, 0.29) is 11.8 Å². The molecular weight excluding hydrogens is 350 g/mol. The van der Waals surface area contributed by atoms with E-state index in [0.717, 1.165) is 17.7 Å². The Morgan fingerprint density at radius 2 is 2.04 bits per heavy atom. The van der Waals surface area contributed by atoms with Crippen molar-refractivity contribution in [1.82, 2.24) is 10.1 Å². The third-order valence-corrected chi connectivity index (χ3v) is 4.90. The second kappa shape index (κ2) is 6.92. The van der Waals surface area contributed by atoms with Crippen LogP contribution >= 0.6 is 11.6 Å². The first-order valence-electron chi connectivity index (χ1n) is 8.63. The molecule has 1 aromatic heterocycles. The molecule has 0 saturated carbocycles. The van der Waals surface area contributed by atoms with Crippen LogP contribution in [0, 0.1) is 0 Å². The molecule has 1 fully saturated rings. The minimum absolute atomic E-state index is 0.0379. The molecule has 6 heteroatoms. The van der Waals surface area contributed by atoms with Gasteiger partial charge in [-0.2, -0.15) is 4.98 Å². The van der Waals surface area contributed by atoms with Crippen molar-refractivity contribution < 1.29 is 9.32 Å². The van der Waals surface area contributed by atoms with Crippen LogP contribution in [0.15, 0.2) is 53.1 Å². The fourth-order valence-electron chi connectivity index (χ4n) is 3.18. The molecule has 26 heavy (non-hydrogen) atoms. The van der Waals surface area contributed by atoms with Gasteiger partial charge in [-0.15, -0.1) is 0 Å². The molecule has 5 nitrogen and oxygen atoms in total. The lowest BCUT2D eigenvalue weighted by molar-refractivity contribution is -0.117. The lowest BCUT2D eigenvalue weighted by Crippen LogP contribution is -2.24. The maximum Gasteiger partial charge on any atom is 0.257 e. The number of halogens is 1. The number of aryl methyl sites for hydroxylation is 1. The van der Waals surface area contributed by atoms with E-state index in [1.807, 2.05) is 24.3 Å². The summed E-state index contributed by atoms with van der Waals surface area (Å²) in [6, 6.07) is 15.4. The van der Waals surface area contributed by atoms with Crippen molar-refractivity contribution in [1.29, 1.82) is 0 Å². The lowest BCUT2D eigenvalue weighted by atomic mass is 10.1. The van der Waals surface area contributed by atoms with Gasteiger partial charge in [0.15, 0.2) is 5.82 Å². The molecule has 0 N–H and O–H groups in total. The summed E-state index contributed by atoms with van der Waals surface area (Å²) in [4.78, 5) is 18.7. The molecule has 3 aromatic rings. The summed E-state index contributed by atoms with van der Waals surface area (Å²) in [6.07, 6.45) is 1.35. The van der Waals surface area contributed by atoms with Crippen LogP contribution in [-0.2, 0) is 11.2 Å². The zero-order chi connectivity index (χ0) is 18.1. The summed E-state index contributed by atoms with van der Waals surface area (Å²) in [5.41, 5.74) is 2.94. The van der Waals surface area contributed by atoms with Crippen LogP contribution in [0.5, 0.6) is 0 Å². The molecular formula is C20H18ClN3O2. The van der Waals surface area contributed by atoms with Crippen molar-refractivity contribution in [3.63, 3.8) is 0 Å². The number of benzene rings is 2. The van der Waals surface area contributed by atoms with Gasteiger partial charge in [-0.3, -0.25) is 4.79 Å². The van der Waals surface area contributed by atoms with E-state index in [4.69, 9.17) is 16.1 Å². The molecule has 4 rings (SSSR count). The summed E-state index contributed by atoms with van der Waals surface area (Å²) < 4.78 is 5.42. The Labute approximate surface area is 156 Å². The normalized spacial score (nSPS) is 17.1. The van der Waals surface area contributed by atoms with E-state index < -0.39 is 0 Å². The van der Waals surface area contributed by atoms with E-state index in [0.29, 0.717) is 29.7 Å². The molecule has 1 aliphatic rings. The Hall–Kier alpha value is -2.66. The van der Waals surface area contributed by atoms with Gasteiger partial charge in [0.1, 0.15) is 0 Å². The molecule has 132 valence electrons. The first kappa shape index (κ1) is 16.8. The summed E-state index contributed by atoms with van der Waals surface area (Å²) in [7, 11) is 0. The summed E-state index contributed by atoms with van der Waals surface area (Å²) in [5, 5.41) is 4.71. The molecule has 1 saturated heterocycles. The zero-order valence-electron chi connectivity index (χ0n) is 14.4. The third kappa shape index (κ3) is 3.22. The average molecular weight is 368 g/mol. The summed E-state index contributed by atoms with van der Waals surface area (Å²) in [6.45, 7) is 2.63. The molecule has 0 bridgehead atoms. The fraction of sp³-hybridized carbons (Fsp3) is 0.250. The van der Waals surface area contributed by atoms with E-state index in [2.05, 4.69) is 29.2 Å². The smallest absolute Gasteiger partial charge is 0.257 e. The van der Waals surface area contributed by atoms with E-state index in [9.17, 15) is 4.79 Å². The standard InChI is InChI=1S/C20H18ClN3O2/c1-2-13-6-8-14(9-7-13)20-22-19(23-26-20)15-10-18(25)24(12-15)17-5-3-4-16(21)11-17/h3-9,11,15H,2,10,12H2,1H3. The van der Waals surface area contributed by atoms with Gasteiger partial charge in [0.25, 0.3) is 5.89 Å². The van der Waals surface area contributed by atoms with Gasteiger partial charge >= 0.3 is 0 Å². The first-order chi connectivity index (χ1) is 12.6. The first-order valence-corrected chi connectivity index (χ1v) is 9.00. The molecule has 0 aliphatic carbocycles. The largest absolute Gasteiger partial charge is 0.334 e. The molecule has 0 radical (unpaired) electrons. The predicted octanol–water partition coefficient (Wildman–Crippen LogP) is 4.47. The number of rotatable bonds is 4. The quantitative estimate of drug-likeness (QED) is 0.682. The molecule has 2 aromatic carbocycles. The van der Waals surface area contributed by atoms with Gasteiger partial charge in [-0.1, -0.05) is 41.9 Å². The maximum atomic E-state index is 12.4. The molecule has 1 atom stereocenters. The molecule has 0 spiro atoms. The van der Waals surface area contributed by atoms with E-state index in [1.165, 1.54) is 5.56 Å². The third-order valence-electron chi connectivity index (χ3n) is 4.66. The second-order valence-electron chi connectivity index (χ2n) is 6.39. The van der Waals surface area contributed by atoms with Crippen molar-refractivity contribution in [3.05, 3.63) is 64.9 Å². The van der Waals surface area contributed by atoms with E-state index >= 15 is 0 Å². The number of carbonyl (C=O) groups is 1. The van der Waals surface area contributed by atoms with Gasteiger partial charge < -0.3 is 9.42 Å². The van der Waals surface area contributed by atoms with Gasteiger partial charge in [-0.05, 0) is 42.3 Å². The van der Waals surface area contributed by atoms with Crippen LogP contribution < -0.4 is 4.90 Å². The second-order valence-corrected chi connectivity index (χ2v) is 6.83. The van der Waals surface area contributed by atoms with Crippen molar-refractivity contribution in [2.24, 2.45) is 0 Å². The maximum absolute atomic E-state index is 12.4. The summed E-state index contributed by atoms with van der Waals surface area (Å²) >= 11 is 6.04. The minimum Gasteiger partial charge on any atom is -0.334 e. The topological polar surface area (TPSA) is 59.2 Å². The fourth-order valence-corrected chi connectivity index (χ4v) is 3.36. The number of nitrogens with zero attached hydrogens (tertiary/aromatic N) is 3. The highest BCUT2D eigenvalue weighted by Gasteiger charge is 2.34. The van der Waals surface area contributed by atoms with Crippen molar-refractivity contribution in [2.45, 2.75) is 25.7 Å². The number of aromatic nitrogens is 2. The number of hydrogen-bond donors (Lipinski definition) is 0. The Balaban J connectivity index is 1.53. The monoisotopic (exact) mass is 367 g/mol. The van der Waals surface area contributed by atoms with Gasteiger partial charge in [0, 0.05) is 35.2 Å². The van der Waals surface area contributed by atoms with Crippen LogP contribution in [0.4, 0.5) is 5.69 Å². The van der Waals surface area contributed by atoms with Crippen molar-refractivity contribution in [3.8, 4) is 11.5 Å². The minimum atomic E-state index is -0.0890. The van der Waals surface area contributed by atoms with E-state index in [1.54, 1.807) is 17.0 Å². The molecule has 2 heterocycles. The zero-order valence-corrected chi connectivity index (χ0v) is 15.1. The Morgan fingerprint density at radius 3 is 2.77 bits per heavy atom.